The SMILES string of the molecule is [2H]c1nc([2H])c(OC([2H])([2H])C([2H])([2H])C([2H])([2H])[2H])c([2H])c1Br. The minimum absolute atomic E-state index is 0.182. The first-order valence-corrected chi connectivity index (χ1v) is 3.34. The first-order chi connectivity index (χ1) is 9.22. The van der Waals surface area contributed by atoms with E-state index in [0.717, 1.165) is 0 Å². The molecular formula is C8H10BrNO. The van der Waals surface area contributed by atoms with Crippen molar-refractivity contribution < 1.29 is 18.4 Å². The second kappa shape index (κ2) is 4.34. The van der Waals surface area contributed by atoms with Gasteiger partial charge in [-0.2, -0.15) is 0 Å². The smallest absolute Gasteiger partial charge is 0.138 e. The summed E-state index contributed by atoms with van der Waals surface area (Å²) in [7, 11) is 0. The Labute approximate surface area is 88.8 Å². The third kappa shape index (κ3) is 2.89. The summed E-state index contributed by atoms with van der Waals surface area (Å²) in [6.45, 7) is -6.66. The Morgan fingerprint density at radius 2 is 2.82 bits per heavy atom. The summed E-state index contributed by atoms with van der Waals surface area (Å²) < 4.78 is 77.7. The fourth-order valence-corrected chi connectivity index (χ4v) is 0.677. The molecule has 0 aromatic carbocycles. The zero-order valence-corrected chi connectivity index (χ0v) is 6.82. The van der Waals surface area contributed by atoms with E-state index in [2.05, 4.69) is 25.7 Å². The van der Waals surface area contributed by atoms with E-state index in [-0.39, 0.29) is 4.47 Å². The lowest BCUT2D eigenvalue weighted by Gasteiger charge is -2.02. The third-order valence-corrected chi connectivity index (χ3v) is 1.11. The highest BCUT2D eigenvalue weighted by Gasteiger charge is 1.92. The molecule has 0 aliphatic heterocycles. The van der Waals surface area contributed by atoms with Gasteiger partial charge in [-0.3, -0.25) is 4.98 Å². The number of ether oxygens (including phenoxy) is 1. The summed E-state index contributed by atoms with van der Waals surface area (Å²) >= 11 is 2.83. The molecule has 0 atom stereocenters. The summed E-state index contributed by atoms with van der Waals surface area (Å²) in [5, 5.41) is 0. The predicted octanol–water partition coefficient (Wildman–Crippen LogP) is 2.63. The van der Waals surface area contributed by atoms with Crippen molar-refractivity contribution in [3.8, 4) is 5.75 Å². The van der Waals surface area contributed by atoms with E-state index >= 15 is 0 Å². The Kier molecular flexibility index (Phi) is 0.876. The van der Waals surface area contributed by atoms with E-state index in [9.17, 15) is 0 Å². The zero-order valence-electron chi connectivity index (χ0n) is 15.2. The summed E-state index contributed by atoms with van der Waals surface area (Å²) in [6, 6.07) is -0.592. The molecule has 1 aromatic rings. The van der Waals surface area contributed by atoms with Crippen molar-refractivity contribution in [2.75, 3.05) is 6.56 Å². The van der Waals surface area contributed by atoms with Gasteiger partial charge >= 0.3 is 0 Å². The van der Waals surface area contributed by atoms with Gasteiger partial charge in [-0.25, -0.2) is 0 Å². The molecule has 0 bridgehead atoms. The molecule has 0 radical (unpaired) electrons. The molecule has 1 aromatic heterocycles. The van der Waals surface area contributed by atoms with Gasteiger partial charge in [0.05, 0.1) is 19.6 Å². The van der Waals surface area contributed by atoms with Crippen molar-refractivity contribution >= 4 is 15.9 Å². The van der Waals surface area contributed by atoms with Crippen LogP contribution in [0, 0.1) is 0 Å². The van der Waals surface area contributed by atoms with E-state index < -0.39 is 43.9 Å². The largest absolute Gasteiger partial charge is 0.492 e. The third-order valence-electron chi connectivity index (χ3n) is 0.739. The first kappa shape index (κ1) is 2.22. The lowest BCUT2D eigenvalue weighted by atomic mass is 10.4. The molecule has 1 heterocycles. The Morgan fingerprint density at radius 1 is 1.91 bits per heavy atom. The highest BCUT2D eigenvalue weighted by atomic mass is 79.9. The van der Waals surface area contributed by atoms with Gasteiger partial charge in [0.2, 0.25) is 0 Å². The summed E-state index contributed by atoms with van der Waals surface area (Å²) in [5.74, 6) is -0.754. The average Bonchev–Trinajstić information content (AvgIpc) is 2.30. The normalized spacial score (nSPS) is 26.6. The van der Waals surface area contributed by atoms with Crippen LogP contribution in [0.15, 0.2) is 22.9 Å². The van der Waals surface area contributed by atoms with Crippen molar-refractivity contribution in [2.24, 2.45) is 0 Å². The molecule has 0 aliphatic rings. The van der Waals surface area contributed by atoms with Gasteiger partial charge in [0, 0.05) is 17.5 Å². The molecule has 1 rings (SSSR count). The summed E-state index contributed by atoms with van der Waals surface area (Å²) in [5.41, 5.74) is 0. The Hall–Kier alpha value is -0.570. The maximum atomic E-state index is 7.64. The fraction of sp³-hybridized carbons (Fsp3) is 0.375. The molecule has 0 unspecified atom stereocenters. The molecular weight excluding hydrogens is 206 g/mol. The van der Waals surface area contributed by atoms with Gasteiger partial charge in [-0.15, -0.1) is 0 Å². The number of rotatable bonds is 3. The van der Waals surface area contributed by atoms with Crippen LogP contribution in [0.3, 0.4) is 0 Å². The van der Waals surface area contributed by atoms with Crippen LogP contribution in [0.2, 0.25) is 0 Å². The van der Waals surface area contributed by atoms with Gasteiger partial charge in [0.25, 0.3) is 0 Å². The van der Waals surface area contributed by atoms with Gasteiger partial charge in [-0.1, -0.05) is 6.85 Å². The maximum Gasteiger partial charge on any atom is 0.138 e. The van der Waals surface area contributed by atoms with Gasteiger partial charge in [0.1, 0.15) is 5.75 Å². The van der Waals surface area contributed by atoms with E-state index in [4.69, 9.17) is 13.7 Å². The van der Waals surface area contributed by atoms with Crippen LogP contribution in [-0.4, -0.2) is 11.5 Å². The first-order valence-electron chi connectivity index (χ1n) is 7.54. The predicted molar refractivity (Wildman–Crippen MR) is 47.7 cm³/mol. The molecule has 0 saturated carbocycles. The average molecular weight is 226 g/mol. The highest BCUT2D eigenvalue weighted by Crippen LogP contribution is 2.15. The Morgan fingerprint density at radius 3 is 3.64 bits per heavy atom. The monoisotopic (exact) mass is 225 g/mol. The molecule has 0 saturated heterocycles. The second-order valence-corrected chi connectivity index (χ2v) is 2.23. The summed E-state index contributed by atoms with van der Waals surface area (Å²) in [6.07, 6.45) is -4.60. The van der Waals surface area contributed by atoms with Crippen LogP contribution >= 0.6 is 15.9 Å². The summed E-state index contributed by atoms with van der Waals surface area (Å²) in [4.78, 5) is 3.37. The Balaban J connectivity index is 3.32. The Bertz CT molecular complexity index is 557. The molecule has 0 N–H and O–H groups in total. The second-order valence-electron chi connectivity index (χ2n) is 1.43. The minimum atomic E-state index is -3.38. The van der Waals surface area contributed by atoms with E-state index in [1.165, 1.54) is 0 Å². The lowest BCUT2D eigenvalue weighted by molar-refractivity contribution is 0.316. The minimum Gasteiger partial charge on any atom is -0.492 e. The number of pyridine rings is 1. The van der Waals surface area contributed by atoms with Gasteiger partial charge in [0.15, 0.2) is 0 Å². The molecule has 0 amide bonds. The number of hydrogen-bond acceptors (Lipinski definition) is 2. The van der Waals surface area contributed by atoms with Crippen LogP contribution in [0.4, 0.5) is 0 Å². The zero-order chi connectivity index (χ0) is 16.8. The molecule has 3 heteroatoms. The number of hydrogen-bond donors (Lipinski definition) is 0. The van der Waals surface area contributed by atoms with Crippen LogP contribution in [0.1, 0.15) is 26.9 Å². The maximum absolute atomic E-state index is 7.64. The number of nitrogens with zero attached hydrogens (tertiary/aromatic N) is 1. The molecule has 0 aliphatic carbocycles. The van der Waals surface area contributed by atoms with Gasteiger partial charge < -0.3 is 4.74 Å². The standard InChI is InChI=1S/C8H10BrNO/c1-2-3-11-8-4-7(9)5-10-6-8/h4-6H,2-3H2,1H3/i1D3,2D2,3D2,4D,5D,6D. The van der Waals surface area contributed by atoms with E-state index in [1.54, 1.807) is 0 Å². The van der Waals surface area contributed by atoms with Crippen molar-refractivity contribution in [3.63, 3.8) is 0 Å². The van der Waals surface area contributed by atoms with Crippen LogP contribution in [-0.2, 0) is 0 Å². The molecule has 60 valence electrons. The van der Waals surface area contributed by atoms with Crippen LogP contribution < -0.4 is 4.74 Å². The number of halogens is 1. The van der Waals surface area contributed by atoms with Crippen molar-refractivity contribution in [1.29, 1.82) is 0 Å². The van der Waals surface area contributed by atoms with Crippen molar-refractivity contribution in [1.82, 2.24) is 4.98 Å². The fourth-order valence-electron chi connectivity index (χ4n) is 0.408. The topological polar surface area (TPSA) is 22.1 Å². The molecule has 11 heavy (non-hydrogen) atoms. The van der Waals surface area contributed by atoms with Crippen LogP contribution in [0.25, 0.3) is 0 Å². The van der Waals surface area contributed by atoms with E-state index in [0.29, 0.717) is 0 Å². The highest BCUT2D eigenvalue weighted by molar-refractivity contribution is 9.10. The van der Waals surface area contributed by atoms with Crippen LogP contribution in [0.5, 0.6) is 5.75 Å². The molecule has 2 nitrogen and oxygen atoms in total. The molecule has 0 spiro atoms. The lowest BCUT2D eigenvalue weighted by Crippen LogP contribution is -1.94. The van der Waals surface area contributed by atoms with Crippen molar-refractivity contribution in [2.45, 2.75) is 13.2 Å². The van der Waals surface area contributed by atoms with E-state index in [1.807, 2.05) is 0 Å². The van der Waals surface area contributed by atoms with Crippen molar-refractivity contribution in [3.05, 3.63) is 22.9 Å². The quantitative estimate of drug-likeness (QED) is 0.790. The van der Waals surface area contributed by atoms with Gasteiger partial charge in [-0.05, 0) is 28.3 Å². The number of aromatic nitrogens is 1. The molecule has 0 fully saturated rings.